The topological polar surface area (TPSA) is 62.4 Å². The maximum atomic E-state index is 9.36. The molecule has 2 N–H and O–H groups in total. The molecule has 1 aromatic rings. The Morgan fingerprint density at radius 3 is 3.33 bits per heavy atom. The monoisotopic (exact) mass is 166 g/mol. The van der Waals surface area contributed by atoms with E-state index in [1.807, 2.05) is 11.5 Å². The molecule has 0 spiro atoms. The Hall–Kier alpha value is -1.36. The van der Waals surface area contributed by atoms with E-state index in [9.17, 15) is 5.11 Å². The lowest BCUT2D eigenvalue weighted by Gasteiger charge is -2.13. The maximum Gasteiger partial charge on any atom is 0.193 e. The number of aliphatic imine (C=N–C) groups is 1. The summed E-state index contributed by atoms with van der Waals surface area (Å²) in [6, 6.07) is 0. The van der Waals surface area contributed by atoms with E-state index >= 15 is 0 Å². The van der Waals surface area contributed by atoms with Crippen molar-refractivity contribution in [2.75, 3.05) is 5.32 Å². The second-order valence-electron chi connectivity index (χ2n) is 2.56. The zero-order valence-corrected chi connectivity index (χ0v) is 6.73. The van der Waals surface area contributed by atoms with Crippen LogP contribution in [0.1, 0.15) is 18.8 Å². The van der Waals surface area contributed by atoms with Gasteiger partial charge in [-0.15, -0.1) is 0 Å². The Bertz CT molecular complexity index is 317. The third-order valence-corrected chi connectivity index (χ3v) is 1.87. The Kier molecular flexibility index (Phi) is 1.58. The van der Waals surface area contributed by atoms with Crippen LogP contribution in [0, 0.1) is 0 Å². The van der Waals surface area contributed by atoms with Crippen molar-refractivity contribution in [3.8, 4) is 0 Å². The van der Waals surface area contributed by atoms with Gasteiger partial charge in [-0.05, 0) is 6.92 Å². The van der Waals surface area contributed by atoms with Gasteiger partial charge in [0.2, 0.25) is 0 Å². The molecule has 0 bridgehead atoms. The molecule has 5 heteroatoms. The Morgan fingerprint density at radius 2 is 2.58 bits per heavy atom. The highest BCUT2D eigenvalue weighted by atomic mass is 16.3. The fourth-order valence-electron chi connectivity index (χ4n) is 1.22. The lowest BCUT2D eigenvalue weighted by molar-refractivity contribution is 0.184. The Labute approximate surface area is 69.8 Å². The number of fused-ring (bicyclic) bond motifs is 1. The number of nitrogens with zero attached hydrogens (tertiary/aromatic N) is 3. The van der Waals surface area contributed by atoms with E-state index in [0.717, 1.165) is 12.4 Å². The zero-order chi connectivity index (χ0) is 8.55. The molecule has 1 aliphatic heterocycles. The molecule has 1 atom stereocenters. The van der Waals surface area contributed by atoms with Crippen LogP contribution in [-0.2, 0) is 6.54 Å². The van der Waals surface area contributed by atoms with Gasteiger partial charge in [0.25, 0.3) is 0 Å². The molecule has 1 aliphatic rings. The number of aromatic nitrogens is 2. The minimum Gasteiger partial charge on any atom is -0.366 e. The van der Waals surface area contributed by atoms with Crippen LogP contribution in [-0.4, -0.2) is 21.0 Å². The summed E-state index contributed by atoms with van der Waals surface area (Å²) in [5, 5.41) is 12.3. The molecule has 0 saturated heterocycles. The third-order valence-electron chi connectivity index (χ3n) is 1.87. The van der Waals surface area contributed by atoms with Crippen LogP contribution in [0.3, 0.4) is 0 Å². The summed E-state index contributed by atoms with van der Waals surface area (Å²) in [6.45, 7) is 2.84. The van der Waals surface area contributed by atoms with Crippen LogP contribution in [0.25, 0.3) is 0 Å². The molecule has 0 radical (unpaired) electrons. The molecule has 64 valence electrons. The predicted octanol–water partition coefficient (Wildman–Crippen LogP) is 0.348. The molecule has 2 heterocycles. The van der Waals surface area contributed by atoms with Crippen LogP contribution in [0.2, 0.25) is 0 Å². The SMILES string of the molecule is CCn1cnc2c1NC=NC2O. The van der Waals surface area contributed by atoms with Gasteiger partial charge in [0.15, 0.2) is 6.23 Å². The molecule has 0 fully saturated rings. The van der Waals surface area contributed by atoms with Gasteiger partial charge in [0.05, 0.1) is 12.7 Å². The minimum atomic E-state index is -0.811. The van der Waals surface area contributed by atoms with Gasteiger partial charge in [-0.3, -0.25) is 0 Å². The van der Waals surface area contributed by atoms with Crippen LogP contribution in [0.4, 0.5) is 5.82 Å². The fourth-order valence-corrected chi connectivity index (χ4v) is 1.22. The van der Waals surface area contributed by atoms with E-state index in [2.05, 4.69) is 15.3 Å². The minimum absolute atomic E-state index is 0.597. The van der Waals surface area contributed by atoms with Gasteiger partial charge in [0.1, 0.15) is 11.5 Å². The lowest BCUT2D eigenvalue weighted by atomic mass is 10.3. The second kappa shape index (κ2) is 2.60. The average Bonchev–Trinajstić information content (AvgIpc) is 2.49. The standard InChI is InChI=1S/C7H10N4O/c1-2-11-4-10-5-6(11)8-3-9-7(5)12/h3-4,7,12H,2H2,1H3,(H,8,9). The van der Waals surface area contributed by atoms with Crippen molar-refractivity contribution in [1.29, 1.82) is 0 Å². The van der Waals surface area contributed by atoms with E-state index in [0.29, 0.717) is 5.69 Å². The molecule has 2 rings (SSSR count). The summed E-state index contributed by atoms with van der Waals surface area (Å²) in [5.74, 6) is 0.833. The van der Waals surface area contributed by atoms with Crippen LogP contribution in [0.15, 0.2) is 11.3 Å². The van der Waals surface area contributed by atoms with Crippen molar-refractivity contribution >= 4 is 12.2 Å². The van der Waals surface area contributed by atoms with E-state index < -0.39 is 6.23 Å². The molecule has 1 aromatic heterocycles. The van der Waals surface area contributed by atoms with E-state index in [1.54, 1.807) is 6.33 Å². The number of nitrogens with one attached hydrogen (secondary N) is 1. The molecule has 0 amide bonds. The quantitative estimate of drug-likeness (QED) is 0.632. The summed E-state index contributed by atoms with van der Waals surface area (Å²) in [4.78, 5) is 7.81. The van der Waals surface area contributed by atoms with Gasteiger partial charge < -0.3 is 15.0 Å². The first-order valence-electron chi connectivity index (χ1n) is 3.84. The third kappa shape index (κ3) is 0.902. The summed E-state index contributed by atoms with van der Waals surface area (Å²) in [7, 11) is 0. The van der Waals surface area contributed by atoms with Gasteiger partial charge in [-0.2, -0.15) is 0 Å². The first-order valence-corrected chi connectivity index (χ1v) is 3.84. The number of aliphatic hydroxyl groups excluding tert-OH is 1. The summed E-state index contributed by atoms with van der Waals surface area (Å²) in [5.41, 5.74) is 0.597. The van der Waals surface area contributed by atoms with Crippen molar-refractivity contribution in [3.05, 3.63) is 12.0 Å². The first-order chi connectivity index (χ1) is 5.83. The van der Waals surface area contributed by atoms with Crippen molar-refractivity contribution in [2.24, 2.45) is 4.99 Å². The van der Waals surface area contributed by atoms with Gasteiger partial charge in [0, 0.05) is 6.54 Å². The molecule has 0 saturated carbocycles. The number of anilines is 1. The van der Waals surface area contributed by atoms with Crippen LogP contribution in [0.5, 0.6) is 0 Å². The summed E-state index contributed by atoms with van der Waals surface area (Å²) >= 11 is 0. The zero-order valence-electron chi connectivity index (χ0n) is 6.73. The van der Waals surface area contributed by atoms with Crippen molar-refractivity contribution in [2.45, 2.75) is 19.7 Å². The van der Waals surface area contributed by atoms with Gasteiger partial charge >= 0.3 is 0 Å². The largest absolute Gasteiger partial charge is 0.366 e. The molecule has 0 aliphatic carbocycles. The average molecular weight is 166 g/mol. The van der Waals surface area contributed by atoms with Gasteiger partial charge in [-0.25, -0.2) is 9.98 Å². The van der Waals surface area contributed by atoms with Crippen molar-refractivity contribution in [1.82, 2.24) is 9.55 Å². The molecule has 1 unspecified atom stereocenters. The molecular formula is C7H10N4O. The van der Waals surface area contributed by atoms with Crippen molar-refractivity contribution < 1.29 is 5.11 Å². The molecule has 0 aromatic carbocycles. The highest BCUT2D eigenvalue weighted by molar-refractivity contribution is 5.77. The summed E-state index contributed by atoms with van der Waals surface area (Å²) in [6.07, 6.45) is 2.37. The first kappa shape index (κ1) is 7.30. The normalized spacial score (nSPS) is 20.3. The highest BCUT2D eigenvalue weighted by Crippen LogP contribution is 2.24. The summed E-state index contributed by atoms with van der Waals surface area (Å²) < 4.78 is 1.92. The smallest absolute Gasteiger partial charge is 0.193 e. The number of aliphatic hydroxyl groups is 1. The maximum absolute atomic E-state index is 9.36. The molecule has 12 heavy (non-hydrogen) atoms. The van der Waals surface area contributed by atoms with E-state index in [4.69, 9.17) is 0 Å². The Balaban J connectivity index is 2.45. The number of hydrogen-bond acceptors (Lipinski definition) is 4. The Morgan fingerprint density at radius 1 is 1.75 bits per heavy atom. The molecule has 5 nitrogen and oxygen atoms in total. The predicted molar refractivity (Wildman–Crippen MR) is 45.0 cm³/mol. The van der Waals surface area contributed by atoms with Crippen LogP contribution >= 0.6 is 0 Å². The second-order valence-corrected chi connectivity index (χ2v) is 2.56. The number of rotatable bonds is 1. The number of hydrogen-bond donors (Lipinski definition) is 2. The number of aryl methyl sites for hydroxylation is 1. The van der Waals surface area contributed by atoms with E-state index in [-0.39, 0.29) is 0 Å². The van der Waals surface area contributed by atoms with Gasteiger partial charge in [-0.1, -0.05) is 0 Å². The lowest BCUT2D eigenvalue weighted by Crippen LogP contribution is -2.12. The fraction of sp³-hybridized carbons (Fsp3) is 0.429. The molecular weight excluding hydrogens is 156 g/mol. The highest BCUT2D eigenvalue weighted by Gasteiger charge is 2.19. The van der Waals surface area contributed by atoms with Crippen LogP contribution < -0.4 is 5.32 Å². The van der Waals surface area contributed by atoms with E-state index in [1.165, 1.54) is 6.34 Å². The number of imidazole rings is 1. The van der Waals surface area contributed by atoms with Crippen molar-refractivity contribution in [3.63, 3.8) is 0 Å².